The van der Waals surface area contributed by atoms with Crippen molar-refractivity contribution in [2.24, 2.45) is 17.3 Å². The van der Waals surface area contributed by atoms with Crippen molar-refractivity contribution in [3.05, 3.63) is 84.7 Å². The maximum Gasteiger partial charge on any atom is 0.407 e. The van der Waals surface area contributed by atoms with Crippen molar-refractivity contribution in [3.8, 4) is 33.6 Å². The van der Waals surface area contributed by atoms with Crippen LogP contribution in [0.3, 0.4) is 0 Å². The molecule has 2 unspecified atom stereocenters. The summed E-state index contributed by atoms with van der Waals surface area (Å²) in [6, 6.07) is 19.3. The average molecular weight is 857 g/mol. The van der Waals surface area contributed by atoms with E-state index in [1.54, 1.807) is 6.92 Å². The Morgan fingerprint density at radius 3 is 1.97 bits per heavy atom. The Bertz CT molecular complexity index is 2530. The monoisotopic (exact) mass is 856 g/mol. The van der Waals surface area contributed by atoms with Crippen LogP contribution in [0, 0.1) is 17.3 Å². The van der Waals surface area contributed by atoms with Gasteiger partial charge in [0.15, 0.2) is 0 Å². The largest absolute Gasteiger partial charge is 0.453 e. The third kappa shape index (κ3) is 8.03. The molecule has 330 valence electrons. The van der Waals surface area contributed by atoms with Crippen molar-refractivity contribution >= 4 is 34.8 Å². The van der Waals surface area contributed by atoms with Gasteiger partial charge in [0.1, 0.15) is 23.7 Å². The van der Waals surface area contributed by atoms with Crippen molar-refractivity contribution < 1.29 is 33.4 Å². The lowest BCUT2D eigenvalue weighted by molar-refractivity contribution is -0.139. The van der Waals surface area contributed by atoms with Gasteiger partial charge < -0.3 is 44.6 Å². The quantitative estimate of drug-likeness (QED) is 0.0985. The third-order valence-corrected chi connectivity index (χ3v) is 14.0. The van der Waals surface area contributed by atoms with Gasteiger partial charge in [-0.1, -0.05) is 62.4 Å². The lowest BCUT2D eigenvalue weighted by Gasteiger charge is -2.37. The number of rotatable bonds is 12. The van der Waals surface area contributed by atoms with E-state index in [1.165, 1.54) is 21.3 Å². The summed E-state index contributed by atoms with van der Waals surface area (Å²) in [5, 5.41) is 7.63. The minimum Gasteiger partial charge on any atom is -0.453 e. The van der Waals surface area contributed by atoms with E-state index in [0.717, 1.165) is 94.6 Å². The first-order valence-corrected chi connectivity index (χ1v) is 22.0. The molecule has 9 rings (SSSR count). The van der Waals surface area contributed by atoms with Crippen LogP contribution in [0.1, 0.15) is 83.0 Å². The van der Waals surface area contributed by atoms with Crippen molar-refractivity contribution in [2.45, 2.75) is 95.6 Å². The molecule has 15 nitrogen and oxygen atoms in total. The smallest absolute Gasteiger partial charge is 0.407 e. The minimum absolute atomic E-state index is 0.0776. The van der Waals surface area contributed by atoms with Crippen molar-refractivity contribution in [1.82, 2.24) is 40.4 Å². The number of H-pyrrole nitrogens is 2. The second-order valence-electron chi connectivity index (χ2n) is 18.2. The number of nitrogens with one attached hydrogen (secondary N) is 4. The Labute approximate surface area is 366 Å². The van der Waals surface area contributed by atoms with E-state index in [0.29, 0.717) is 12.5 Å². The zero-order valence-corrected chi connectivity index (χ0v) is 36.6. The van der Waals surface area contributed by atoms with E-state index >= 15 is 0 Å². The lowest BCUT2D eigenvalue weighted by atomic mass is 9.95. The predicted molar refractivity (Wildman–Crippen MR) is 236 cm³/mol. The fraction of sp³-hybridized carbons (Fsp3) is 0.458. The fourth-order valence-electron chi connectivity index (χ4n) is 10.2. The molecule has 2 bridgehead atoms. The number of alkyl carbamates (subject to hydrolysis) is 2. The van der Waals surface area contributed by atoms with Gasteiger partial charge in [-0.05, 0) is 102 Å². The highest BCUT2D eigenvalue weighted by Gasteiger charge is 2.55. The number of likely N-dealkylation sites (tertiary alicyclic amines) is 2. The molecule has 4 N–H and O–H groups in total. The summed E-state index contributed by atoms with van der Waals surface area (Å²) in [4.78, 5) is 72.8. The first kappa shape index (κ1) is 42.1. The molecule has 0 radical (unpaired) electrons. The van der Waals surface area contributed by atoms with Crippen LogP contribution in [-0.4, -0.2) is 106 Å². The van der Waals surface area contributed by atoms with Gasteiger partial charge in [-0.15, -0.1) is 0 Å². The number of benzene rings is 3. The van der Waals surface area contributed by atoms with Crippen molar-refractivity contribution in [2.75, 3.05) is 27.9 Å². The van der Waals surface area contributed by atoms with Crippen molar-refractivity contribution in [1.29, 1.82) is 0 Å². The number of carbonyl (C=O) groups excluding carboxylic acids is 4. The Morgan fingerprint density at radius 2 is 1.32 bits per heavy atom. The molecule has 2 aromatic heterocycles. The van der Waals surface area contributed by atoms with Crippen LogP contribution < -0.4 is 10.6 Å². The van der Waals surface area contributed by atoms with Gasteiger partial charge in [0, 0.05) is 25.3 Å². The second kappa shape index (κ2) is 16.8. The van der Waals surface area contributed by atoms with Gasteiger partial charge in [-0.2, -0.15) is 0 Å². The molecule has 3 aromatic carbocycles. The standard InChI is InChI=1S/C48H56N8O7/c1-26(2)39(53-46(59)62-5)45(58)56-35-16-15-34(21-35)41(56)43-50-23-36(52-43)29-9-7-28(8-10-29)30-11-12-32-20-33(14-13-31(32)19-30)37-24-49-42(51-37)38-22-48(17-18-48)25-55(38)44(57)40(27(3)61-4)54-47(60)63-6/h7-14,19-20,23-24,26-27,34-35,38-41H,15-18,21-22,25H2,1-6H3,(H,49,51)(H,50,52)(H,53,59)(H,54,60)/t27?,34-,35+,38-,39-,40?,41-/m0/s1. The normalized spacial score (nSPS) is 22.3. The van der Waals surface area contributed by atoms with Crippen molar-refractivity contribution in [3.63, 3.8) is 0 Å². The summed E-state index contributed by atoms with van der Waals surface area (Å²) in [7, 11) is 4.10. The van der Waals surface area contributed by atoms with E-state index < -0.39 is 30.4 Å². The molecule has 5 aromatic rings. The molecule has 2 aliphatic heterocycles. The van der Waals surface area contributed by atoms with Gasteiger partial charge in [0.05, 0.1) is 56.2 Å². The molecule has 4 heterocycles. The molecular weight excluding hydrogens is 801 g/mol. The third-order valence-electron chi connectivity index (χ3n) is 14.0. The lowest BCUT2D eigenvalue weighted by Crippen LogP contribution is -2.54. The van der Waals surface area contributed by atoms with Gasteiger partial charge in [-0.3, -0.25) is 9.59 Å². The molecule has 63 heavy (non-hydrogen) atoms. The van der Waals surface area contributed by atoms with E-state index in [4.69, 9.17) is 24.2 Å². The Balaban J connectivity index is 0.894. The molecule has 2 saturated carbocycles. The SMILES string of the molecule is COC(=O)NC(C(=O)N1CC2(CC2)C[C@H]1c1ncc(-c2ccc3cc(-c4ccc(-c5cnc([C@@H]6[C@H]7CC[C@H](C7)N6C(=O)[C@@H](NC(=O)OC)C(C)C)[nH]5)cc4)ccc3c2)[nH]1)C(C)OC. The zero-order chi connectivity index (χ0) is 44.2. The van der Waals surface area contributed by atoms with Crippen LogP contribution >= 0.6 is 0 Å². The molecule has 7 atom stereocenters. The Kier molecular flexibility index (Phi) is 11.2. The predicted octanol–water partition coefficient (Wildman–Crippen LogP) is 7.53. The molecule has 2 saturated heterocycles. The molecule has 15 heteroatoms. The number of hydrogen-bond acceptors (Lipinski definition) is 9. The zero-order valence-electron chi connectivity index (χ0n) is 36.6. The average Bonchev–Trinajstić information content (AvgIpc) is 3.94. The van der Waals surface area contributed by atoms with Gasteiger partial charge >= 0.3 is 12.2 Å². The van der Waals surface area contributed by atoms with Gasteiger partial charge in [0.25, 0.3) is 0 Å². The topological polar surface area (TPSA) is 184 Å². The number of carbonyl (C=O) groups is 4. The number of hydrogen-bond donors (Lipinski definition) is 4. The number of piperidine rings is 1. The van der Waals surface area contributed by atoms with Crippen LogP contribution in [0.4, 0.5) is 9.59 Å². The highest BCUT2D eigenvalue weighted by molar-refractivity contribution is 5.91. The number of amides is 4. The number of aromatic amines is 2. The summed E-state index contributed by atoms with van der Waals surface area (Å²) < 4.78 is 15.1. The van der Waals surface area contributed by atoms with E-state index in [-0.39, 0.29) is 41.3 Å². The molecular formula is C48H56N8O7. The molecule has 1 spiro atoms. The molecule has 2 aliphatic carbocycles. The first-order chi connectivity index (χ1) is 30.4. The number of aromatic nitrogens is 4. The van der Waals surface area contributed by atoms with Crippen LogP contribution in [-0.2, 0) is 23.8 Å². The Morgan fingerprint density at radius 1 is 0.730 bits per heavy atom. The van der Waals surface area contributed by atoms with Crippen LogP contribution in [0.5, 0.6) is 0 Å². The second-order valence-corrected chi connectivity index (χ2v) is 18.2. The van der Waals surface area contributed by atoms with Gasteiger partial charge in [0.2, 0.25) is 11.8 Å². The number of imidazole rings is 2. The maximum atomic E-state index is 14.0. The van der Waals surface area contributed by atoms with Crippen LogP contribution in [0.25, 0.3) is 44.4 Å². The number of nitrogens with zero attached hydrogens (tertiary/aromatic N) is 4. The molecule has 4 amide bonds. The molecule has 4 fully saturated rings. The number of ether oxygens (including phenoxy) is 3. The highest BCUT2D eigenvalue weighted by atomic mass is 16.5. The van der Waals surface area contributed by atoms with Gasteiger partial charge in [-0.25, -0.2) is 19.6 Å². The highest BCUT2D eigenvalue weighted by Crippen LogP contribution is 2.58. The number of fused-ring (bicyclic) bond motifs is 3. The van der Waals surface area contributed by atoms with Crippen LogP contribution in [0.2, 0.25) is 0 Å². The summed E-state index contributed by atoms with van der Waals surface area (Å²) in [6.45, 7) is 6.22. The minimum atomic E-state index is -0.896. The summed E-state index contributed by atoms with van der Waals surface area (Å²) >= 11 is 0. The maximum absolute atomic E-state index is 14.0. The number of methoxy groups -OCH3 is 3. The summed E-state index contributed by atoms with van der Waals surface area (Å²) in [5.41, 5.74) is 5.98. The fourth-order valence-corrected chi connectivity index (χ4v) is 10.2. The van der Waals surface area contributed by atoms with E-state index in [9.17, 15) is 19.2 Å². The van der Waals surface area contributed by atoms with E-state index in [2.05, 4.69) is 81.3 Å². The van der Waals surface area contributed by atoms with E-state index in [1.807, 2.05) is 36.0 Å². The Hall–Kier alpha value is -6.22. The molecule has 4 aliphatic rings. The summed E-state index contributed by atoms with van der Waals surface area (Å²) in [5.74, 6) is 1.39. The first-order valence-electron chi connectivity index (χ1n) is 22.0. The summed E-state index contributed by atoms with van der Waals surface area (Å²) in [6.07, 6.45) is 7.68. The van der Waals surface area contributed by atoms with Crippen LogP contribution in [0.15, 0.2) is 73.1 Å².